The second-order valence-electron chi connectivity index (χ2n) is 5.86. The minimum absolute atomic E-state index is 0.000437. The predicted molar refractivity (Wildman–Crippen MR) is 90.7 cm³/mol. The van der Waals surface area contributed by atoms with Gasteiger partial charge in [0, 0.05) is 31.3 Å². The standard InChI is InChI=1S/C17H23FN2O2S/c1-12(14-4-3-5-15(18)10-14)23-11-17(22)19-16-6-8-20(9-7-16)13(2)21/h3-5,10,12,16H,6-9,11H2,1-2H3,(H,19,22). The van der Waals surface area contributed by atoms with Crippen molar-refractivity contribution >= 4 is 23.6 Å². The third-order valence-corrected chi connectivity index (χ3v) is 5.29. The summed E-state index contributed by atoms with van der Waals surface area (Å²) in [6.45, 7) is 4.95. The summed E-state index contributed by atoms with van der Waals surface area (Å²) in [4.78, 5) is 25.1. The van der Waals surface area contributed by atoms with Crippen molar-refractivity contribution in [3.05, 3.63) is 35.6 Å². The van der Waals surface area contributed by atoms with E-state index in [-0.39, 0.29) is 28.9 Å². The van der Waals surface area contributed by atoms with Crippen LogP contribution in [0.1, 0.15) is 37.5 Å². The summed E-state index contributed by atoms with van der Waals surface area (Å²) in [5.41, 5.74) is 0.887. The molecule has 23 heavy (non-hydrogen) atoms. The van der Waals surface area contributed by atoms with Gasteiger partial charge in [-0.1, -0.05) is 12.1 Å². The number of carbonyl (C=O) groups is 2. The van der Waals surface area contributed by atoms with Crippen molar-refractivity contribution in [3.63, 3.8) is 0 Å². The Balaban J connectivity index is 1.72. The van der Waals surface area contributed by atoms with Crippen LogP contribution in [0, 0.1) is 5.82 Å². The molecule has 1 saturated heterocycles. The molecule has 1 heterocycles. The van der Waals surface area contributed by atoms with Crippen molar-refractivity contribution in [1.82, 2.24) is 10.2 Å². The highest BCUT2D eigenvalue weighted by Crippen LogP contribution is 2.28. The minimum Gasteiger partial charge on any atom is -0.353 e. The smallest absolute Gasteiger partial charge is 0.230 e. The molecule has 1 aromatic carbocycles. The fourth-order valence-corrected chi connectivity index (χ4v) is 3.49. The van der Waals surface area contributed by atoms with E-state index >= 15 is 0 Å². The van der Waals surface area contributed by atoms with Crippen LogP contribution in [0.3, 0.4) is 0 Å². The maximum atomic E-state index is 13.2. The number of nitrogens with one attached hydrogen (secondary N) is 1. The zero-order chi connectivity index (χ0) is 16.8. The van der Waals surface area contributed by atoms with E-state index in [0.29, 0.717) is 18.8 Å². The third kappa shape index (κ3) is 5.53. The molecule has 4 nitrogen and oxygen atoms in total. The monoisotopic (exact) mass is 338 g/mol. The number of halogens is 1. The van der Waals surface area contributed by atoms with Crippen LogP contribution in [-0.2, 0) is 9.59 Å². The number of amides is 2. The number of piperidine rings is 1. The van der Waals surface area contributed by atoms with E-state index in [9.17, 15) is 14.0 Å². The first-order valence-electron chi connectivity index (χ1n) is 7.87. The fourth-order valence-electron chi connectivity index (χ4n) is 2.66. The summed E-state index contributed by atoms with van der Waals surface area (Å²) in [6.07, 6.45) is 1.60. The molecular formula is C17H23FN2O2S. The molecule has 1 aliphatic heterocycles. The Kier molecular flexibility index (Phi) is 6.45. The van der Waals surface area contributed by atoms with Crippen molar-refractivity contribution in [2.45, 2.75) is 38.0 Å². The van der Waals surface area contributed by atoms with Gasteiger partial charge >= 0.3 is 0 Å². The molecule has 126 valence electrons. The normalized spacial score (nSPS) is 16.9. The number of thioether (sulfide) groups is 1. The highest BCUT2D eigenvalue weighted by molar-refractivity contribution is 8.00. The predicted octanol–water partition coefficient (Wildman–Crippen LogP) is 2.75. The highest BCUT2D eigenvalue weighted by atomic mass is 32.2. The van der Waals surface area contributed by atoms with Crippen molar-refractivity contribution in [2.24, 2.45) is 0 Å². The van der Waals surface area contributed by atoms with Crippen LogP contribution in [0.2, 0.25) is 0 Å². The Labute approximate surface area is 140 Å². The van der Waals surface area contributed by atoms with Crippen LogP contribution in [0.25, 0.3) is 0 Å². The Hall–Kier alpha value is -1.56. The molecule has 0 radical (unpaired) electrons. The van der Waals surface area contributed by atoms with Crippen molar-refractivity contribution in [2.75, 3.05) is 18.8 Å². The van der Waals surface area contributed by atoms with Crippen LogP contribution < -0.4 is 5.32 Å². The lowest BCUT2D eigenvalue weighted by Gasteiger charge is -2.31. The van der Waals surface area contributed by atoms with Gasteiger partial charge in [-0.05, 0) is 37.5 Å². The molecule has 6 heteroatoms. The zero-order valence-electron chi connectivity index (χ0n) is 13.5. The number of likely N-dealkylation sites (tertiary alicyclic amines) is 1. The Morgan fingerprint density at radius 2 is 2.09 bits per heavy atom. The first-order valence-corrected chi connectivity index (χ1v) is 8.92. The van der Waals surface area contributed by atoms with E-state index in [1.165, 1.54) is 23.9 Å². The summed E-state index contributed by atoms with van der Waals surface area (Å²) in [6, 6.07) is 6.62. The highest BCUT2D eigenvalue weighted by Gasteiger charge is 2.22. The largest absolute Gasteiger partial charge is 0.353 e. The minimum atomic E-state index is -0.253. The molecule has 1 fully saturated rings. The Morgan fingerprint density at radius 3 is 2.70 bits per heavy atom. The average molecular weight is 338 g/mol. The van der Waals surface area contributed by atoms with Crippen LogP contribution in [0.15, 0.2) is 24.3 Å². The molecule has 0 spiro atoms. The van der Waals surface area contributed by atoms with Gasteiger partial charge in [0.05, 0.1) is 5.75 Å². The zero-order valence-corrected chi connectivity index (χ0v) is 14.4. The molecule has 2 rings (SSSR count). The number of benzene rings is 1. The topological polar surface area (TPSA) is 49.4 Å². The van der Waals surface area contributed by atoms with Gasteiger partial charge in [0.25, 0.3) is 0 Å². The average Bonchev–Trinajstić information content (AvgIpc) is 2.53. The molecule has 0 bridgehead atoms. The van der Waals surface area contributed by atoms with Crippen LogP contribution in [0.4, 0.5) is 4.39 Å². The van der Waals surface area contributed by atoms with Crippen molar-refractivity contribution in [3.8, 4) is 0 Å². The quantitative estimate of drug-likeness (QED) is 0.898. The van der Waals surface area contributed by atoms with Gasteiger partial charge in [0.15, 0.2) is 0 Å². The van der Waals surface area contributed by atoms with Crippen molar-refractivity contribution in [1.29, 1.82) is 0 Å². The molecule has 2 amide bonds. The van der Waals surface area contributed by atoms with E-state index in [2.05, 4.69) is 5.32 Å². The Bertz CT molecular complexity index is 559. The SMILES string of the molecule is CC(=O)N1CCC(NC(=O)CSC(C)c2cccc(F)c2)CC1. The molecule has 0 saturated carbocycles. The first kappa shape index (κ1) is 17.8. The fraction of sp³-hybridized carbons (Fsp3) is 0.529. The van der Waals surface area contributed by atoms with E-state index in [4.69, 9.17) is 0 Å². The summed E-state index contributed by atoms with van der Waals surface area (Å²) < 4.78 is 13.2. The second kappa shape index (κ2) is 8.34. The van der Waals surface area contributed by atoms with E-state index < -0.39 is 0 Å². The molecule has 0 aliphatic carbocycles. The van der Waals surface area contributed by atoms with E-state index in [1.54, 1.807) is 13.0 Å². The maximum absolute atomic E-state index is 13.2. The number of hydrogen-bond donors (Lipinski definition) is 1. The Morgan fingerprint density at radius 1 is 1.39 bits per heavy atom. The molecule has 1 aromatic rings. The summed E-state index contributed by atoms with van der Waals surface area (Å²) in [5, 5.41) is 3.09. The number of carbonyl (C=O) groups excluding carboxylic acids is 2. The summed E-state index contributed by atoms with van der Waals surface area (Å²) in [7, 11) is 0. The lowest BCUT2D eigenvalue weighted by molar-refractivity contribution is -0.130. The molecule has 1 aliphatic rings. The number of rotatable bonds is 5. The summed E-state index contributed by atoms with van der Waals surface area (Å²) in [5.74, 6) is 0.190. The van der Waals surface area contributed by atoms with Gasteiger partial charge in [-0.25, -0.2) is 4.39 Å². The van der Waals surface area contributed by atoms with Crippen LogP contribution >= 0.6 is 11.8 Å². The van der Waals surface area contributed by atoms with Crippen LogP contribution in [0.5, 0.6) is 0 Å². The van der Waals surface area contributed by atoms with Gasteiger partial charge < -0.3 is 10.2 Å². The lowest BCUT2D eigenvalue weighted by atomic mass is 10.1. The molecular weight excluding hydrogens is 315 g/mol. The summed E-state index contributed by atoms with van der Waals surface area (Å²) >= 11 is 1.50. The first-order chi connectivity index (χ1) is 11.0. The molecule has 1 unspecified atom stereocenters. The van der Waals surface area contributed by atoms with Gasteiger partial charge in [0.1, 0.15) is 5.82 Å². The van der Waals surface area contributed by atoms with Gasteiger partial charge in [0.2, 0.25) is 11.8 Å². The third-order valence-electron chi connectivity index (χ3n) is 4.09. The van der Waals surface area contributed by atoms with E-state index in [0.717, 1.165) is 18.4 Å². The van der Waals surface area contributed by atoms with Gasteiger partial charge in [-0.15, -0.1) is 11.8 Å². The van der Waals surface area contributed by atoms with Gasteiger partial charge in [-0.3, -0.25) is 9.59 Å². The molecule has 0 aromatic heterocycles. The van der Waals surface area contributed by atoms with Crippen molar-refractivity contribution < 1.29 is 14.0 Å². The van der Waals surface area contributed by atoms with E-state index in [1.807, 2.05) is 17.9 Å². The lowest BCUT2D eigenvalue weighted by Crippen LogP contribution is -2.46. The number of nitrogens with zero attached hydrogens (tertiary/aromatic N) is 1. The molecule has 1 atom stereocenters. The maximum Gasteiger partial charge on any atom is 0.230 e. The number of hydrogen-bond acceptors (Lipinski definition) is 3. The molecule has 1 N–H and O–H groups in total. The van der Waals surface area contributed by atoms with Gasteiger partial charge in [-0.2, -0.15) is 0 Å². The van der Waals surface area contributed by atoms with Crippen LogP contribution in [-0.4, -0.2) is 41.6 Å². The second-order valence-corrected chi connectivity index (χ2v) is 7.19.